The molecule has 1 N–H and O–H groups in total. The number of hydrogen-bond acceptors (Lipinski definition) is 4. The molecule has 2 aliphatic heterocycles. The number of carbonyl (C=O) groups excluding carboxylic acids is 2. The molecule has 2 heterocycles. The van der Waals surface area contributed by atoms with Gasteiger partial charge in [-0.15, -0.1) is 0 Å². The maximum Gasteiger partial charge on any atom is 0.414 e. The first kappa shape index (κ1) is 18.8. The highest BCUT2D eigenvalue weighted by Gasteiger charge is 2.34. The van der Waals surface area contributed by atoms with Crippen LogP contribution in [-0.2, 0) is 20.3 Å². The topological polar surface area (TPSA) is 75.7 Å². The van der Waals surface area contributed by atoms with Crippen molar-refractivity contribution in [3.8, 4) is 0 Å². The molecule has 1 aromatic carbocycles. The van der Waals surface area contributed by atoms with Crippen molar-refractivity contribution in [2.24, 2.45) is 0 Å². The zero-order valence-corrected chi connectivity index (χ0v) is 15.1. The minimum absolute atomic E-state index is 0.00666. The third-order valence-electron chi connectivity index (χ3n) is 4.62. The summed E-state index contributed by atoms with van der Waals surface area (Å²) < 4.78 is 45.7. The monoisotopic (exact) mass is 386 g/mol. The standard InChI is InChI=1S/C17H20F2N2O4S/c1-10(22)20-8-13-9-21(17(23)25-13)12-6-14(18)16(15(19)7-12)11-2-4-26(24)5-3-11/h6-7,11,13H,2-5,8-9H2,1H3,(H,20,22)/t11?,13-,26?/m0/s1. The number of carbonyl (C=O) groups is 2. The van der Waals surface area contributed by atoms with Gasteiger partial charge in [-0.25, -0.2) is 13.6 Å². The number of ether oxygens (including phenoxy) is 1. The molecule has 0 aromatic heterocycles. The largest absolute Gasteiger partial charge is 0.442 e. The van der Waals surface area contributed by atoms with E-state index in [9.17, 15) is 22.6 Å². The zero-order chi connectivity index (χ0) is 18.8. The fraction of sp³-hybridized carbons (Fsp3) is 0.529. The van der Waals surface area contributed by atoms with Crippen molar-refractivity contribution < 1.29 is 27.3 Å². The molecular weight excluding hydrogens is 366 g/mol. The van der Waals surface area contributed by atoms with Crippen molar-refractivity contribution >= 4 is 28.5 Å². The molecule has 9 heteroatoms. The van der Waals surface area contributed by atoms with E-state index in [-0.39, 0.29) is 36.2 Å². The van der Waals surface area contributed by atoms with Crippen molar-refractivity contribution in [1.29, 1.82) is 0 Å². The quantitative estimate of drug-likeness (QED) is 0.859. The Morgan fingerprint density at radius 3 is 2.50 bits per heavy atom. The van der Waals surface area contributed by atoms with Crippen LogP contribution in [0.15, 0.2) is 12.1 Å². The molecule has 0 aliphatic carbocycles. The first-order valence-electron chi connectivity index (χ1n) is 8.41. The zero-order valence-electron chi connectivity index (χ0n) is 14.3. The second kappa shape index (κ2) is 7.69. The van der Waals surface area contributed by atoms with Gasteiger partial charge in [0.1, 0.15) is 17.7 Å². The summed E-state index contributed by atoms with van der Waals surface area (Å²) >= 11 is 0. The highest BCUT2D eigenvalue weighted by molar-refractivity contribution is 7.85. The molecule has 3 rings (SSSR count). The van der Waals surface area contributed by atoms with Crippen LogP contribution in [0.5, 0.6) is 0 Å². The van der Waals surface area contributed by atoms with E-state index >= 15 is 0 Å². The normalized spacial score (nSPS) is 25.9. The summed E-state index contributed by atoms with van der Waals surface area (Å²) in [6.45, 7) is 1.58. The van der Waals surface area contributed by atoms with Crippen molar-refractivity contribution in [3.63, 3.8) is 0 Å². The summed E-state index contributed by atoms with van der Waals surface area (Å²) in [6.07, 6.45) is -0.334. The molecule has 26 heavy (non-hydrogen) atoms. The molecule has 0 spiro atoms. The molecule has 0 unspecified atom stereocenters. The summed E-state index contributed by atoms with van der Waals surface area (Å²) in [5.41, 5.74) is 0.0753. The van der Waals surface area contributed by atoms with E-state index in [1.54, 1.807) is 0 Å². The van der Waals surface area contributed by atoms with Gasteiger partial charge in [0.15, 0.2) is 0 Å². The van der Waals surface area contributed by atoms with Crippen LogP contribution in [0.3, 0.4) is 0 Å². The predicted octanol–water partition coefficient (Wildman–Crippen LogP) is 2.05. The Morgan fingerprint density at radius 1 is 1.31 bits per heavy atom. The summed E-state index contributed by atoms with van der Waals surface area (Å²) in [5, 5.41) is 2.54. The van der Waals surface area contributed by atoms with E-state index in [1.165, 1.54) is 6.92 Å². The van der Waals surface area contributed by atoms with E-state index in [0.717, 1.165) is 17.0 Å². The molecule has 2 aliphatic rings. The van der Waals surface area contributed by atoms with Crippen LogP contribution in [0.2, 0.25) is 0 Å². The summed E-state index contributed by atoms with van der Waals surface area (Å²) in [7, 11) is -0.913. The lowest BCUT2D eigenvalue weighted by Gasteiger charge is -2.23. The molecule has 6 nitrogen and oxygen atoms in total. The van der Waals surface area contributed by atoms with Crippen molar-refractivity contribution in [2.45, 2.75) is 31.8 Å². The Kier molecular flexibility index (Phi) is 5.55. The highest BCUT2D eigenvalue weighted by atomic mass is 32.2. The number of benzene rings is 1. The second-order valence-corrected chi connectivity index (χ2v) is 8.20. The van der Waals surface area contributed by atoms with E-state index in [1.807, 2.05) is 0 Å². The lowest BCUT2D eigenvalue weighted by Crippen LogP contribution is -2.33. The number of cyclic esters (lactones) is 1. The van der Waals surface area contributed by atoms with Crippen LogP contribution in [0.25, 0.3) is 0 Å². The summed E-state index contributed by atoms with van der Waals surface area (Å²) in [6, 6.07) is 2.26. The van der Waals surface area contributed by atoms with Crippen molar-refractivity contribution in [1.82, 2.24) is 5.32 Å². The van der Waals surface area contributed by atoms with Gasteiger partial charge in [0.25, 0.3) is 0 Å². The minimum Gasteiger partial charge on any atom is -0.442 e. The van der Waals surface area contributed by atoms with Crippen LogP contribution in [0.4, 0.5) is 19.3 Å². The van der Waals surface area contributed by atoms with E-state index in [4.69, 9.17) is 4.74 Å². The molecule has 0 bridgehead atoms. The number of rotatable bonds is 4. The molecule has 0 saturated carbocycles. The molecule has 0 radical (unpaired) electrons. The van der Waals surface area contributed by atoms with Gasteiger partial charge in [-0.3, -0.25) is 13.9 Å². The first-order chi connectivity index (χ1) is 12.3. The van der Waals surface area contributed by atoms with Gasteiger partial charge in [0.05, 0.1) is 18.8 Å². The Hall–Kier alpha value is -2.03. The van der Waals surface area contributed by atoms with Crippen LogP contribution < -0.4 is 10.2 Å². The minimum atomic E-state index is -0.913. The Morgan fingerprint density at radius 2 is 1.92 bits per heavy atom. The molecule has 2 fully saturated rings. The van der Waals surface area contributed by atoms with Crippen LogP contribution in [0, 0.1) is 11.6 Å². The number of amides is 2. The number of nitrogens with one attached hydrogen (secondary N) is 1. The summed E-state index contributed by atoms with van der Waals surface area (Å²) in [5.74, 6) is -1.11. The van der Waals surface area contributed by atoms with Gasteiger partial charge in [-0.05, 0) is 30.9 Å². The SMILES string of the molecule is CC(=O)NC[C@H]1CN(c2cc(F)c(C3CCS(=O)CC3)c(F)c2)C(=O)O1. The van der Waals surface area contributed by atoms with Crippen molar-refractivity contribution in [3.05, 3.63) is 29.3 Å². The van der Waals surface area contributed by atoms with Gasteiger partial charge in [-0.2, -0.15) is 0 Å². The Bertz CT molecular complexity index is 725. The lowest BCUT2D eigenvalue weighted by atomic mass is 9.92. The lowest BCUT2D eigenvalue weighted by molar-refractivity contribution is -0.119. The van der Waals surface area contributed by atoms with Gasteiger partial charge in [-0.1, -0.05) is 0 Å². The number of halogens is 2. The smallest absolute Gasteiger partial charge is 0.414 e. The van der Waals surface area contributed by atoms with Gasteiger partial charge >= 0.3 is 6.09 Å². The van der Waals surface area contributed by atoms with Gasteiger partial charge in [0, 0.05) is 34.8 Å². The van der Waals surface area contributed by atoms with Crippen LogP contribution >= 0.6 is 0 Å². The fourth-order valence-corrected chi connectivity index (χ4v) is 4.59. The Labute approximate surface area is 152 Å². The summed E-state index contributed by atoms with van der Waals surface area (Å²) in [4.78, 5) is 24.1. The average molecular weight is 386 g/mol. The third-order valence-corrected chi connectivity index (χ3v) is 6.01. The second-order valence-electron chi connectivity index (χ2n) is 6.50. The van der Waals surface area contributed by atoms with Gasteiger partial charge in [0.2, 0.25) is 5.91 Å². The molecule has 142 valence electrons. The molecular formula is C17H20F2N2O4S. The first-order valence-corrected chi connectivity index (χ1v) is 9.90. The Balaban J connectivity index is 1.76. The van der Waals surface area contributed by atoms with E-state index in [2.05, 4.69) is 5.32 Å². The van der Waals surface area contributed by atoms with Crippen LogP contribution in [0.1, 0.15) is 31.2 Å². The molecule has 1 aromatic rings. The molecule has 2 amide bonds. The third kappa shape index (κ3) is 4.03. The molecule has 1 atom stereocenters. The van der Waals surface area contributed by atoms with E-state index < -0.39 is 34.6 Å². The average Bonchev–Trinajstić information content (AvgIpc) is 2.95. The number of nitrogens with zero attached hydrogens (tertiary/aromatic N) is 1. The number of anilines is 1. The maximum absolute atomic E-state index is 14.6. The predicted molar refractivity (Wildman–Crippen MR) is 92.5 cm³/mol. The number of hydrogen-bond donors (Lipinski definition) is 1. The maximum atomic E-state index is 14.6. The highest BCUT2D eigenvalue weighted by Crippen LogP contribution is 2.34. The van der Waals surface area contributed by atoms with Gasteiger partial charge < -0.3 is 10.1 Å². The van der Waals surface area contributed by atoms with Crippen LogP contribution in [-0.4, -0.2) is 46.9 Å². The molecule has 2 saturated heterocycles. The fourth-order valence-electron chi connectivity index (χ4n) is 3.30. The van der Waals surface area contributed by atoms with E-state index in [0.29, 0.717) is 24.3 Å². The van der Waals surface area contributed by atoms with Crippen molar-refractivity contribution in [2.75, 3.05) is 29.5 Å².